The van der Waals surface area contributed by atoms with Gasteiger partial charge in [0.15, 0.2) is 0 Å². The zero-order valence-corrected chi connectivity index (χ0v) is 18.7. The number of anilines is 3. The number of hydrogen-bond acceptors (Lipinski definition) is 8. The zero-order chi connectivity index (χ0) is 24.5. The third kappa shape index (κ3) is 6.81. The topological polar surface area (TPSA) is 135 Å². The summed E-state index contributed by atoms with van der Waals surface area (Å²) in [4.78, 5) is 35.2. The molecule has 0 saturated carbocycles. The number of aromatic nitrogens is 3. The molecule has 3 N–H and O–H groups in total. The summed E-state index contributed by atoms with van der Waals surface area (Å²) < 4.78 is 0. The van der Waals surface area contributed by atoms with Crippen LogP contribution in [0.1, 0.15) is 5.56 Å². The maximum atomic E-state index is 12.3. The first kappa shape index (κ1) is 23.3. The quantitative estimate of drug-likeness (QED) is 0.179. The van der Waals surface area contributed by atoms with Crippen LogP contribution < -0.4 is 16.0 Å². The second-order valence-electron chi connectivity index (χ2n) is 7.57. The summed E-state index contributed by atoms with van der Waals surface area (Å²) in [5.41, 5.74) is 3.26. The number of benzene rings is 2. The molecular weight excluding hydrogens is 446 g/mol. The summed E-state index contributed by atoms with van der Waals surface area (Å²) >= 11 is 0. The van der Waals surface area contributed by atoms with Crippen LogP contribution in [0, 0.1) is 10.1 Å². The number of hydrogen-bond donors (Lipinski definition) is 3. The van der Waals surface area contributed by atoms with Crippen molar-refractivity contribution in [1.29, 1.82) is 0 Å². The minimum absolute atomic E-state index is 0.0542. The Hall–Kier alpha value is -4.86. The van der Waals surface area contributed by atoms with Crippen molar-refractivity contribution in [2.45, 2.75) is 6.42 Å². The van der Waals surface area contributed by atoms with Gasteiger partial charge in [-0.25, -0.2) is 15.0 Å². The van der Waals surface area contributed by atoms with E-state index in [-0.39, 0.29) is 11.6 Å². The molecule has 10 heteroatoms. The smallest absolute Gasteiger partial charge is 0.287 e. The summed E-state index contributed by atoms with van der Waals surface area (Å²) in [5.74, 6) is 0.944. The lowest BCUT2D eigenvalue weighted by Gasteiger charge is -2.09. The Morgan fingerprint density at radius 1 is 0.886 bits per heavy atom. The highest BCUT2D eigenvalue weighted by Gasteiger charge is 2.07. The Bertz CT molecular complexity index is 1280. The predicted octanol–water partition coefficient (Wildman–Crippen LogP) is 4.15. The molecule has 0 unspecified atom stereocenters. The molecule has 2 aromatic carbocycles. The molecule has 0 atom stereocenters. The van der Waals surface area contributed by atoms with Crippen LogP contribution in [0.4, 0.5) is 23.1 Å². The maximum Gasteiger partial charge on any atom is 0.287 e. The first-order valence-electron chi connectivity index (χ1n) is 10.9. The zero-order valence-electron chi connectivity index (χ0n) is 18.7. The van der Waals surface area contributed by atoms with Crippen molar-refractivity contribution in [2.24, 2.45) is 0 Å². The first-order valence-corrected chi connectivity index (χ1v) is 10.9. The number of pyridine rings is 1. The van der Waals surface area contributed by atoms with Gasteiger partial charge in [0.05, 0.1) is 17.0 Å². The molecule has 4 aromatic rings. The van der Waals surface area contributed by atoms with Crippen LogP contribution >= 0.6 is 0 Å². The molecule has 10 nitrogen and oxygen atoms in total. The van der Waals surface area contributed by atoms with E-state index >= 15 is 0 Å². The minimum atomic E-state index is -0.488. The molecule has 35 heavy (non-hydrogen) atoms. The lowest BCUT2D eigenvalue weighted by Crippen LogP contribution is -2.15. The van der Waals surface area contributed by atoms with Crippen LogP contribution in [0.15, 0.2) is 85.2 Å². The number of rotatable bonds is 10. The number of amides is 1. The molecule has 1 amide bonds. The van der Waals surface area contributed by atoms with Crippen LogP contribution in [-0.4, -0.2) is 38.9 Å². The molecule has 0 aliphatic rings. The van der Waals surface area contributed by atoms with E-state index in [1.807, 2.05) is 60.7 Å². The number of carbonyl (C=O) groups is 1. The minimum Gasteiger partial charge on any atom is -0.368 e. The van der Waals surface area contributed by atoms with Gasteiger partial charge in [0.1, 0.15) is 12.0 Å². The van der Waals surface area contributed by atoms with Gasteiger partial charge in [-0.2, -0.15) is 0 Å². The summed E-state index contributed by atoms with van der Waals surface area (Å²) in [7, 11) is 0. The van der Waals surface area contributed by atoms with E-state index < -0.39 is 4.92 Å². The fourth-order valence-electron chi connectivity index (χ4n) is 3.28. The van der Waals surface area contributed by atoms with Crippen LogP contribution in [0.3, 0.4) is 0 Å². The molecule has 2 aromatic heterocycles. The summed E-state index contributed by atoms with van der Waals surface area (Å²) in [6.45, 7) is 1.05. The second kappa shape index (κ2) is 11.3. The highest BCUT2D eigenvalue weighted by Crippen LogP contribution is 2.20. The molecule has 0 radical (unpaired) electrons. The van der Waals surface area contributed by atoms with E-state index in [1.54, 1.807) is 12.3 Å². The molecule has 0 spiro atoms. The van der Waals surface area contributed by atoms with Gasteiger partial charge >= 0.3 is 0 Å². The van der Waals surface area contributed by atoms with Crippen molar-refractivity contribution >= 4 is 29.0 Å². The summed E-state index contributed by atoms with van der Waals surface area (Å²) in [5, 5.41) is 19.8. The number of nitro groups is 1. The van der Waals surface area contributed by atoms with Crippen molar-refractivity contribution in [3.05, 3.63) is 101 Å². The first-order chi connectivity index (χ1) is 17.1. The van der Waals surface area contributed by atoms with Gasteiger partial charge in [-0.3, -0.25) is 14.9 Å². The van der Waals surface area contributed by atoms with E-state index in [0.717, 1.165) is 16.8 Å². The van der Waals surface area contributed by atoms with Gasteiger partial charge in [0.2, 0.25) is 11.9 Å². The fraction of sp³-hybridized carbons (Fsp3) is 0.120. The highest BCUT2D eigenvalue weighted by atomic mass is 16.6. The Morgan fingerprint density at radius 2 is 1.66 bits per heavy atom. The lowest BCUT2D eigenvalue weighted by molar-refractivity contribution is -0.385. The monoisotopic (exact) mass is 469 g/mol. The average molecular weight is 470 g/mol. The third-order valence-corrected chi connectivity index (χ3v) is 5.00. The standard InChI is InChI=1S/C25H23N7O3/c33-24(16-18-4-2-1-3-5-18)30-20-8-6-19(7-9-20)22-12-13-27-25(31-22)28-15-14-26-23-11-10-21(17-29-23)32(34)35/h1-13,17H,14-16H2,(H,26,29)(H,30,33)(H,27,28,31). The van der Waals surface area contributed by atoms with Crippen LogP contribution in [-0.2, 0) is 11.2 Å². The number of nitrogens with one attached hydrogen (secondary N) is 3. The van der Waals surface area contributed by atoms with Crippen LogP contribution in [0.25, 0.3) is 11.3 Å². The Balaban J connectivity index is 1.27. The molecule has 0 aliphatic carbocycles. The van der Waals surface area contributed by atoms with E-state index in [2.05, 4.69) is 30.9 Å². The fourth-order valence-corrected chi connectivity index (χ4v) is 3.28. The molecule has 2 heterocycles. The molecular formula is C25H23N7O3. The van der Waals surface area contributed by atoms with Crippen LogP contribution in [0.5, 0.6) is 0 Å². The number of carbonyl (C=O) groups excluding carboxylic acids is 1. The van der Waals surface area contributed by atoms with Gasteiger partial charge in [0, 0.05) is 36.6 Å². The van der Waals surface area contributed by atoms with Gasteiger partial charge < -0.3 is 16.0 Å². The Labute approximate surface area is 201 Å². The lowest BCUT2D eigenvalue weighted by atomic mass is 10.1. The third-order valence-electron chi connectivity index (χ3n) is 5.00. The summed E-state index contributed by atoms with van der Waals surface area (Å²) in [6.07, 6.45) is 3.20. The van der Waals surface area contributed by atoms with E-state index in [1.165, 1.54) is 12.3 Å². The Morgan fingerprint density at radius 3 is 2.37 bits per heavy atom. The second-order valence-corrected chi connectivity index (χ2v) is 7.57. The molecule has 0 saturated heterocycles. The molecule has 0 bridgehead atoms. The van der Waals surface area contributed by atoms with Crippen molar-refractivity contribution in [3.63, 3.8) is 0 Å². The molecule has 0 fully saturated rings. The maximum absolute atomic E-state index is 12.3. The molecule has 176 valence electrons. The Kier molecular flexibility index (Phi) is 7.54. The van der Waals surface area contributed by atoms with E-state index in [4.69, 9.17) is 0 Å². The van der Waals surface area contributed by atoms with Crippen molar-refractivity contribution < 1.29 is 9.72 Å². The van der Waals surface area contributed by atoms with Gasteiger partial charge in [-0.1, -0.05) is 42.5 Å². The van der Waals surface area contributed by atoms with Gasteiger partial charge in [-0.15, -0.1) is 0 Å². The van der Waals surface area contributed by atoms with E-state index in [0.29, 0.717) is 37.0 Å². The van der Waals surface area contributed by atoms with Crippen LogP contribution in [0.2, 0.25) is 0 Å². The molecule has 0 aliphatic heterocycles. The van der Waals surface area contributed by atoms with Gasteiger partial charge in [0.25, 0.3) is 5.69 Å². The van der Waals surface area contributed by atoms with Gasteiger partial charge in [-0.05, 0) is 29.8 Å². The average Bonchev–Trinajstić information content (AvgIpc) is 2.88. The largest absolute Gasteiger partial charge is 0.368 e. The van der Waals surface area contributed by atoms with Crippen molar-refractivity contribution in [2.75, 3.05) is 29.0 Å². The SMILES string of the molecule is O=C(Cc1ccccc1)Nc1ccc(-c2ccnc(NCCNc3ccc([N+](=O)[O-])cn3)n2)cc1. The molecule has 4 rings (SSSR count). The predicted molar refractivity (Wildman–Crippen MR) is 134 cm³/mol. The normalized spacial score (nSPS) is 10.4. The highest BCUT2D eigenvalue weighted by molar-refractivity contribution is 5.92. The number of nitrogens with zero attached hydrogens (tertiary/aromatic N) is 4. The van der Waals surface area contributed by atoms with E-state index in [9.17, 15) is 14.9 Å². The summed E-state index contributed by atoms with van der Waals surface area (Å²) in [6, 6.07) is 21.8. The van der Waals surface area contributed by atoms with Crippen molar-refractivity contribution in [3.8, 4) is 11.3 Å². The van der Waals surface area contributed by atoms with Crippen molar-refractivity contribution in [1.82, 2.24) is 15.0 Å².